The molecule has 0 saturated carbocycles. The third kappa shape index (κ3) is 4.00. The van der Waals surface area contributed by atoms with Gasteiger partial charge in [-0.1, -0.05) is 12.1 Å². The van der Waals surface area contributed by atoms with Crippen LogP contribution in [-0.2, 0) is 11.3 Å². The van der Waals surface area contributed by atoms with Gasteiger partial charge >= 0.3 is 6.03 Å². The van der Waals surface area contributed by atoms with Crippen molar-refractivity contribution in [3.8, 4) is 11.4 Å². The van der Waals surface area contributed by atoms with Gasteiger partial charge in [0.1, 0.15) is 5.75 Å². The molecule has 2 heterocycles. The summed E-state index contributed by atoms with van der Waals surface area (Å²) in [6.45, 7) is 0.145. The first-order valence-corrected chi connectivity index (χ1v) is 9.22. The monoisotopic (exact) mass is 405 g/mol. The standard InChI is InChI=1S/C21H19N5O4/c1-30-17-7-5-16(6-8-17)26-10-9-18(24-26)20(28)23-15-4-2-3-14(11-15)13-25-19(27)12-22-21(25)29/h2-11H,12-13H2,1H3,(H,22,29)(H,23,28). The van der Waals surface area contributed by atoms with Crippen LogP contribution < -0.4 is 15.4 Å². The number of rotatable bonds is 6. The van der Waals surface area contributed by atoms with Gasteiger partial charge in [0.2, 0.25) is 5.91 Å². The third-order valence-electron chi connectivity index (χ3n) is 4.62. The van der Waals surface area contributed by atoms with Gasteiger partial charge in [0.15, 0.2) is 5.69 Å². The summed E-state index contributed by atoms with van der Waals surface area (Å²) in [5.41, 5.74) is 2.32. The predicted molar refractivity (Wildman–Crippen MR) is 108 cm³/mol. The molecule has 4 rings (SSSR count). The Hall–Kier alpha value is -4.14. The van der Waals surface area contributed by atoms with Crippen molar-refractivity contribution in [3.63, 3.8) is 0 Å². The van der Waals surface area contributed by atoms with Crippen molar-refractivity contribution in [2.24, 2.45) is 0 Å². The Kier molecular flexibility index (Phi) is 5.17. The number of carbonyl (C=O) groups excluding carboxylic acids is 3. The number of hydrogen-bond acceptors (Lipinski definition) is 5. The van der Waals surface area contributed by atoms with Crippen LogP contribution in [0.5, 0.6) is 5.75 Å². The van der Waals surface area contributed by atoms with Crippen LogP contribution in [0.1, 0.15) is 16.1 Å². The van der Waals surface area contributed by atoms with E-state index in [9.17, 15) is 14.4 Å². The highest BCUT2D eigenvalue weighted by Crippen LogP contribution is 2.17. The molecule has 30 heavy (non-hydrogen) atoms. The summed E-state index contributed by atoms with van der Waals surface area (Å²) >= 11 is 0. The van der Waals surface area contributed by atoms with Gasteiger partial charge in [-0.25, -0.2) is 9.48 Å². The van der Waals surface area contributed by atoms with Crippen LogP contribution in [0.4, 0.5) is 10.5 Å². The van der Waals surface area contributed by atoms with Crippen molar-refractivity contribution in [1.29, 1.82) is 0 Å². The summed E-state index contributed by atoms with van der Waals surface area (Å²) in [4.78, 5) is 37.2. The van der Waals surface area contributed by atoms with Crippen LogP contribution in [0.25, 0.3) is 5.69 Å². The van der Waals surface area contributed by atoms with Crippen molar-refractivity contribution < 1.29 is 19.1 Å². The van der Waals surface area contributed by atoms with Gasteiger partial charge in [-0.3, -0.25) is 14.5 Å². The molecule has 4 amide bonds. The second-order valence-electron chi connectivity index (χ2n) is 6.64. The van der Waals surface area contributed by atoms with E-state index in [1.807, 2.05) is 24.3 Å². The first-order chi connectivity index (χ1) is 14.5. The fraction of sp³-hybridized carbons (Fsp3) is 0.143. The van der Waals surface area contributed by atoms with E-state index in [1.165, 1.54) is 0 Å². The Morgan fingerprint density at radius 2 is 1.97 bits per heavy atom. The molecule has 1 aliphatic rings. The molecule has 3 aromatic rings. The van der Waals surface area contributed by atoms with Crippen molar-refractivity contribution in [1.82, 2.24) is 20.0 Å². The number of hydrogen-bond donors (Lipinski definition) is 2. The van der Waals surface area contributed by atoms with Gasteiger partial charge < -0.3 is 15.4 Å². The molecular weight excluding hydrogens is 386 g/mol. The number of anilines is 1. The number of nitrogens with zero attached hydrogens (tertiary/aromatic N) is 3. The molecule has 0 unspecified atom stereocenters. The van der Waals surface area contributed by atoms with Crippen LogP contribution in [0, 0.1) is 0 Å². The number of urea groups is 1. The summed E-state index contributed by atoms with van der Waals surface area (Å²) in [5.74, 6) is 0.0878. The normalized spacial score (nSPS) is 13.3. The number of aromatic nitrogens is 2. The number of methoxy groups -OCH3 is 1. The van der Waals surface area contributed by atoms with Gasteiger partial charge in [-0.2, -0.15) is 5.10 Å². The lowest BCUT2D eigenvalue weighted by atomic mass is 10.2. The Bertz CT molecular complexity index is 1090. The van der Waals surface area contributed by atoms with E-state index in [2.05, 4.69) is 15.7 Å². The Labute approximate surface area is 172 Å². The molecule has 1 aromatic heterocycles. The lowest BCUT2D eigenvalue weighted by Crippen LogP contribution is -2.30. The SMILES string of the molecule is COc1ccc(-n2ccc(C(=O)Nc3cccc(CN4C(=O)CNC4=O)c3)n2)cc1. The zero-order chi connectivity index (χ0) is 21.1. The van der Waals surface area contributed by atoms with E-state index in [-0.39, 0.29) is 30.6 Å². The number of ether oxygens (including phenoxy) is 1. The molecule has 0 aliphatic carbocycles. The summed E-state index contributed by atoms with van der Waals surface area (Å²) < 4.78 is 6.74. The number of imide groups is 1. The lowest BCUT2D eigenvalue weighted by molar-refractivity contribution is -0.125. The second kappa shape index (κ2) is 8.08. The maximum atomic E-state index is 12.6. The summed E-state index contributed by atoms with van der Waals surface area (Å²) in [6.07, 6.45) is 1.70. The molecule has 2 N–H and O–H groups in total. The summed E-state index contributed by atoms with van der Waals surface area (Å²) in [5, 5.41) is 9.59. The molecule has 1 aliphatic heterocycles. The smallest absolute Gasteiger partial charge is 0.324 e. The summed E-state index contributed by atoms with van der Waals surface area (Å²) in [7, 11) is 1.60. The largest absolute Gasteiger partial charge is 0.497 e. The first kappa shape index (κ1) is 19.2. The number of amides is 4. The van der Waals surface area contributed by atoms with Crippen molar-refractivity contribution in [3.05, 3.63) is 72.1 Å². The molecule has 0 spiro atoms. The minimum Gasteiger partial charge on any atom is -0.497 e. The minimum atomic E-state index is -0.418. The van der Waals surface area contributed by atoms with Crippen LogP contribution in [0.3, 0.4) is 0 Å². The predicted octanol–water partition coefficient (Wildman–Crippen LogP) is 2.18. The fourth-order valence-corrected chi connectivity index (χ4v) is 3.06. The first-order valence-electron chi connectivity index (χ1n) is 9.22. The maximum absolute atomic E-state index is 12.6. The van der Waals surface area contributed by atoms with Gasteiger partial charge in [-0.05, 0) is 48.0 Å². The molecule has 1 fully saturated rings. The van der Waals surface area contributed by atoms with E-state index in [4.69, 9.17) is 4.74 Å². The molecule has 0 atom stereocenters. The molecule has 9 nitrogen and oxygen atoms in total. The maximum Gasteiger partial charge on any atom is 0.324 e. The average molecular weight is 405 g/mol. The van der Waals surface area contributed by atoms with E-state index < -0.39 is 6.03 Å². The number of benzene rings is 2. The molecule has 152 valence electrons. The van der Waals surface area contributed by atoms with Crippen LogP contribution in [-0.4, -0.2) is 46.2 Å². The van der Waals surface area contributed by atoms with Crippen LogP contribution in [0.2, 0.25) is 0 Å². The van der Waals surface area contributed by atoms with Crippen LogP contribution >= 0.6 is 0 Å². The van der Waals surface area contributed by atoms with Crippen molar-refractivity contribution in [2.45, 2.75) is 6.54 Å². The highest BCUT2D eigenvalue weighted by molar-refractivity contribution is 6.03. The zero-order valence-electron chi connectivity index (χ0n) is 16.2. The van der Waals surface area contributed by atoms with E-state index in [1.54, 1.807) is 48.3 Å². The van der Waals surface area contributed by atoms with Crippen LogP contribution in [0.15, 0.2) is 60.8 Å². The third-order valence-corrected chi connectivity index (χ3v) is 4.62. The molecule has 9 heteroatoms. The van der Waals surface area contributed by atoms with E-state index in [0.717, 1.165) is 21.9 Å². The van der Waals surface area contributed by atoms with Gasteiger partial charge in [0, 0.05) is 11.9 Å². The zero-order valence-corrected chi connectivity index (χ0v) is 16.2. The molecule has 0 radical (unpaired) electrons. The number of nitrogens with one attached hydrogen (secondary N) is 2. The lowest BCUT2D eigenvalue weighted by Gasteiger charge is -2.13. The fourth-order valence-electron chi connectivity index (χ4n) is 3.06. The van der Waals surface area contributed by atoms with Gasteiger partial charge in [-0.15, -0.1) is 0 Å². The topological polar surface area (TPSA) is 106 Å². The summed E-state index contributed by atoms with van der Waals surface area (Å²) in [6, 6.07) is 15.5. The second-order valence-corrected chi connectivity index (χ2v) is 6.64. The van der Waals surface area contributed by atoms with Crippen molar-refractivity contribution >= 4 is 23.5 Å². The van der Waals surface area contributed by atoms with E-state index in [0.29, 0.717) is 5.69 Å². The molecule has 2 aromatic carbocycles. The van der Waals surface area contributed by atoms with Crippen molar-refractivity contribution in [2.75, 3.05) is 19.0 Å². The average Bonchev–Trinajstić information content (AvgIpc) is 3.37. The van der Waals surface area contributed by atoms with Gasteiger partial charge in [0.25, 0.3) is 5.91 Å². The minimum absolute atomic E-state index is 0.00607. The molecule has 1 saturated heterocycles. The highest BCUT2D eigenvalue weighted by Gasteiger charge is 2.28. The van der Waals surface area contributed by atoms with Gasteiger partial charge in [0.05, 0.1) is 25.9 Å². The Morgan fingerprint density at radius 1 is 1.17 bits per heavy atom. The highest BCUT2D eigenvalue weighted by atomic mass is 16.5. The Morgan fingerprint density at radius 3 is 2.67 bits per heavy atom. The number of carbonyl (C=O) groups is 3. The molecular formula is C21H19N5O4. The van der Waals surface area contributed by atoms with E-state index >= 15 is 0 Å². The Balaban J connectivity index is 1.44. The molecule has 0 bridgehead atoms. The quantitative estimate of drug-likeness (QED) is 0.612.